The Labute approximate surface area is 130 Å². The number of likely N-dealkylation sites (tertiary alicyclic amines) is 1. The molecule has 1 aromatic heterocycles. The quantitative estimate of drug-likeness (QED) is 0.856. The van der Waals surface area contributed by atoms with Crippen LogP contribution in [0.4, 0.5) is 4.79 Å². The van der Waals surface area contributed by atoms with Crippen LogP contribution in [0.2, 0.25) is 0 Å². The van der Waals surface area contributed by atoms with E-state index < -0.39 is 0 Å². The van der Waals surface area contributed by atoms with Gasteiger partial charge in [-0.15, -0.1) is 0 Å². The van der Waals surface area contributed by atoms with Crippen molar-refractivity contribution >= 4 is 6.09 Å². The highest BCUT2D eigenvalue weighted by Crippen LogP contribution is 2.19. The largest absolute Gasteiger partial charge is 0.472 e. The van der Waals surface area contributed by atoms with E-state index in [0.717, 1.165) is 25.0 Å². The molecule has 6 nitrogen and oxygen atoms in total. The van der Waals surface area contributed by atoms with Crippen molar-refractivity contribution in [3.8, 4) is 5.88 Å². The Morgan fingerprint density at radius 2 is 2.09 bits per heavy atom. The van der Waals surface area contributed by atoms with Crippen molar-refractivity contribution < 1.29 is 19.0 Å². The standard InChI is InChI=1S/C16H22N2O4/c1-12-3-2-4-15(17-12)21-14-5-8-18(11-14)16(19)22-13-6-9-20-10-7-13/h2-4,13-14H,5-11H2,1H3. The SMILES string of the molecule is Cc1cccc(OC2CCN(C(=O)OC3CCOCC3)C2)n1. The average Bonchev–Trinajstić information content (AvgIpc) is 2.97. The summed E-state index contributed by atoms with van der Waals surface area (Å²) in [6.45, 7) is 4.49. The Bertz CT molecular complexity index is 517. The number of pyridine rings is 1. The van der Waals surface area contributed by atoms with Crippen LogP contribution in [-0.4, -0.2) is 54.5 Å². The lowest BCUT2D eigenvalue weighted by atomic mass is 10.2. The van der Waals surface area contributed by atoms with Crippen LogP contribution in [0.1, 0.15) is 25.0 Å². The molecular formula is C16H22N2O4. The Morgan fingerprint density at radius 3 is 2.86 bits per heavy atom. The van der Waals surface area contributed by atoms with Crippen molar-refractivity contribution in [3.05, 3.63) is 23.9 Å². The highest BCUT2D eigenvalue weighted by Gasteiger charge is 2.30. The Balaban J connectivity index is 1.48. The van der Waals surface area contributed by atoms with E-state index in [1.807, 2.05) is 25.1 Å². The summed E-state index contributed by atoms with van der Waals surface area (Å²) in [5.74, 6) is 0.615. The highest BCUT2D eigenvalue weighted by molar-refractivity contribution is 5.68. The lowest BCUT2D eigenvalue weighted by molar-refractivity contribution is -0.00898. The molecule has 6 heteroatoms. The topological polar surface area (TPSA) is 60.9 Å². The van der Waals surface area contributed by atoms with Crippen LogP contribution in [-0.2, 0) is 9.47 Å². The highest BCUT2D eigenvalue weighted by atomic mass is 16.6. The summed E-state index contributed by atoms with van der Waals surface area (Å²) in [6.07, 6.45) is 2.10. The van der Waals surface area contributed by atoms with Crippen LogP contribution in [0.25, 0.3) is 0 Å². The molecule has 0 radical (unpaired) electrons. The van der Waals surface area contributed by atoms with E-state index in [4.69, 9.17) is 14.2 Å². The normalized spacial score (nSPS) is 22.6. The number of amides is 1. The maximum absolute atomic E-state index is 12.2. The van der Waals surface area contributed by atoms with Gasteiger partial charge in [-0.1, -0.05) is 6.07 Å². The average molecular weight is 306 g/mol. The number of carbonyl (C=O) groups is 1. The zero-order valence-electron chi connectivity index (χ0n) is 12.9. The van der Waals surface area contributed by atoms with E-state index in [2.05, 4.69) is 4.98 Å². The number of aryl methyl sites for hydroxylation is 1. The van der Waals surface area contributed by atoms with Crippen molar-refractivity contribution in [1.29, 1.82) is 0 Å². The zero-order chi connectivity index (χ0) is 15.4. The predicted octanol–water partition coefficient (Wildman–Crippen LogP) is 2.16. The first-order valence-electron chi connectivity index (χ1n) is 7.84. The van der Waals surface area contributed by atoms with Crippen molar-refractivity contribution in [3.63, 3.8) is 0 Å². The maximum atomic E-state index is 12.2. The van der Waals surface area contributed by atoms with Gasteiger partial charge < -0.3 is 19.1 Å². The summed E-state index contributed by atoms with van der Waals surface area (Å²) in [4.78, 5) is 18.2. The molecule has 0 spiro atoms. The second-order valence-corrected chi connectivity index (χ2v) is 5.79. The van der Waals surface area contributed by atoms with E-state index in [9.17, 15) is 4.79 Å². The Morgan fingerprint density at radius 1 is 1.27 bits per heavy atom. The number of aromatic nitrogens is 1. The van der Waals surface area contributed by atoms with Crippen LogP contribution in [0.15, 0.2) is 18.2 Å². The number of rotatable bonds is 3. The summed E-state index contributed by atoms with van der Waals surface area (Å²) in [5.41, 5.74) is 0.922. The third-order valence-electron chi connectivity index (χ3n) is 3.99. The van der Waals surface area contributed by atoms with Crippen LogP contribution in [0.3, 0.4) is 0 Å². The monoisotopic (exact) mass is 306 g/mol. The molecule has 120 valence electrons. The lowest BCUT2D eigenvalue weighted by Crippen LogP contribution is -2.36. The van der Waals surface area contributed by atoms with E-state index in [1.54, 1.807) is 4.90 Å². The molecule has 0 aliphatic carbocycles. The maximum Gasteiger partial charge on any atom is 0.410 e. The molecule has 0 N–H and O–H groups in total. The minimum Gasteiger partial charge on any atom is -0.472 e. The molecule has 2 aliphatic rings. The zero-order valence-corrected chi connectivity index (χ0v) is 12.9. The van der Waals surface area contributed by atoms with Crippen molar-refractivity contribution in [2.75, 3.05) is 26.3 Å². The minimum atomic E-state index is -0.241. The van der Waals surface area contributed by atoms with E-state index in [0.29, 0.717) is 32.2 Å². The van der Waals surface area contributed by atoms with Gasteiger partial charge >= 0.3 is 6.09 Å². The fraction of sp³-hybridized carbons (Fsp3) is 0.625. The number of hydrogen-bond acceptors (Lipinski definition) is 5. The van der Waals surface area contributed by atoms with Crippen LogP contribution < -0.4 is 4.74 Å². The summed E-state index contributed by atoms with van der Waals surface area (Å²) >= 11 is 0. The van der Waals surface area contributed by atoms with Crippen molar-refractivity contribution in [1.82, 2.24) is 9.88 Å². The fourth-order valence-corrected chi connectivity index (χ4v) is 2.76. The summed E-state index contributed by atoms with van der Waals surface area (Å²) in [5, 5.41) is 0. The van der Waals surface area contributed by atoms with Gasteiger partial charge in [0.15, 0.2) is 0 Å². The van der Waals surface area contributed by atoms with Crippen LogP contribution in [0.5, 0.6) is 5.88 Å². The van der Waals surface area contributed by atoms with Gasteiger partial charge in [0.05, 0.1) is 19.8 Å². The molecular weight excluding hydrogens is 284 g/mol. The van der Waals surface area contributed by atoms with E-state index in [1.165, 1.54) is 0 Å². The Kier molecular flexibility index (Phi) is 4.77. The molecule has 1 amide bonds. The first-order valence-corrected chi connectivity index (χ1v) is 7.84. The molecule has 3 rings (SSSR count). The van der Waals surface area contributed by atoms with Gasteiger partial charge in [-0.05, 0) is 13.0 Å². The molecule has 0 saturated carbocycles. The summed E-state index contributed by atoms with van der Waals surface area (Å²) in [6, 6.07) is 5.69. The fourth-order valence-electron chi connectivity index (χ4n) is 2.76. The molecule has 2 saturated heterocycles. The van der Waals surface area contributed by atoms with Crippen LogP contribution >= 0.6 is 0 Å². The number of ether oxygens (including phenoxy) is 3. The first-order chi connectivity index (χ1) is 10.7. The second-order valence-electron chi connectivity index (χ2n) is 5.79. The number of carbonyl (C=O) groups excluding carboxylic acids is 1. The van der Waals surface area contributed by atoms with Crippen molar-refractivity contribution in [2.45, 2.75) is 38.4 Å². The predicted molar refractivity (Wildman–Crippen MR) is 79.9 cm³/mol. The van der Waals surface area contributed by atoms with Gasteiger partial charge in [-0.2, -0.15) is 0 Å². The van der Waals surface area contributed by atoms with E-state index in [-0.39, 0.29) is 18.3 Å². The van der Waals surface area contributed by atoms with Gasteiger partial charge in [-0.25, -0.2) is 9.78 Å². The number of hydrogen-bond donors (Lipinski definition) is 0. The number of nitrogens with zero attached hydrogens (tertiary/aromatic N) is 2. The minimum absolute atomic E-state index is 0.0142. The molecule has 1 aromatic rings. The van der Waals surface area contributed by atoms with E-state index >= 15 is 0 Å². The molecule has 1 unspecified atom stereocenters. The third kappa shape index (κ3) is 3.88. The van der Waals surface area contributed by atoms with Gasteiger partial charge in [0, 0.05) is 37.6 Å². The second kappa shape index (κ2) is 6.96. The lowest BCUT2D eigenvalue weighted by Gasteiger charge is -2.25. The van der Waals surface area contributed by atoms with Crippen LogP contribution in [0, 0.1) is 6.92 Å². The summed E-state index contributed by atoms with van der Waals surface area (Å²) in [7, 11) is 0. The molecule has 0 bridgehead atoms. The smallest absolute Gasteiger partial charge is 0.410 e. The molecule has 0 aromatic carbocycles. The molecule has 3 heterocycles. The van der Waals surface area contributed by atoms with Gasteiger partial charge in [0.1, 0.15) is 12.2 Å². The third-order valence-corrected chi connectivity index (χ3v) is 3.99. The molecule has 2 aliphatic heterocycles. The molecule has 2 fully saturated rings. The Hall–Kier alpha value is -1.82. The summed E-state index contributed by atoms with van der Waals surface area (Å²) < 4.78 is 16.6. The first kappa shape index (κ1) is 15.1. The van der Waals surface area contributed by atoms with Gasteiger partial charge in [-0.3, -0.25) is 0 Å². The van der Waals surface area contributed by atoms with Gasteiger partial charge in [0.2, 0.25) is 5.88 Å². The molecule has 22 heavy (non-hydrogen) atoms. The molecule has 1 atom stereocenters. The van der Waals surface area contributed by atoms with Gasteiger partial charge in [0.25, 0.3) is 0 Å². The van der Waals surface area contributed by atoms with Crippen molar-refractivity contribution in [2.24, 2.45) is 0 Å².